The van der Waals surface area contributed by atoms with Crippen LogP contribution in [0.4, 0.5) is 0 Å². The predicted molar refractivity (Wildman–Crippen MR) is 78.7 cm³/mol. The lowest BCUT2D eigenvalue weighted by molar-refractivity contribution is -0.737. The summed E-state index contributed by atoms with van der Waals surface area (Å²) in [4.78, 5) is 62.1. The molecule has 0 aromatic heterocycles. The number of hydrogen-bond donors (Lipinski definition) is 0. The minimum absolute atomic E-state index is 1.21. The van der Waals surface area contributed by atoms with Crippen LogP contribution in [0.1, 0.15) is 0 Å². The van der Waals surface area contributed by atoms with E-state index in [0.717, 1.165) is 0 Å². The van der Waals surface area contributed by atoms with Crippen molar-refractivity contribution in [3.05, 3.63) is 60.7 Å². The van der Waals surface area contributed by atoms with Gasteiger partial charge in [0.15, 0.2) is 23.7 Å². The van der Waals surface area contributed by atoms with Crippen LogP contribution in [0.25, 0.3) is 0 Å². The maximum atomic E-state index is 11.6. The quantitative estimate of drug-likeness (QED) is 0.355. The zero-order chi connectivity index (χ0) is 21.2. The topological polar surface area (TPSA) is 259 Å². The lowest BCUT2D eigenvalue weighted by Gasteiger charge is -2.52. The molecule has 0 aromatic carbocycles. The Balaban J connectivity index is 2.37. The molecule has 0 atom stereocenters. The molecule has 4 aliphatic rings. The Morgan fingerprint density at radius 1 is 0.321 bits per heavy atom. The molecule has 0 N–H and O–H groups in total. The lowest BCUT2D eigenvalue weighted by Crippen LogP contribution is -2.83. The third-order valence-corrected chi connectivity index (χ3v) is 6.19. The predicted octanol–water partition coefficient (Wildman–Crippen LogP) is -1.64. The van der Waals surface area contributed by atoms with Gasteiger partial charge in [-0.15, -0.1) is 0 Å². The summed E-state index contributed by atoms with van der Waals surface area (Å²) < 4.78 is 0. The van der Waals surface area contributed by atoms with Crippen LogP contribution in [-0.4, -0.2) is 65.8 Å². The van der Waals surface area contributed by atoms with Crippen LogP contribution in [0.15, 0.2) is 0 Å². The molecule has 18 heteroatoms. The Labute approximate surface area is 151 Å². The molecule has 0 radical (unpaired) electrons. The molecule has 0 unspecified atom stereocenters. The van der Waals surface area contributed by atoms with E-state index in [1.165, 1.54) is 0 Å². The molecule has 0 amide bonds. The smallest absolute Gasteiger partial charge is 0.245 e. The van der Waals surface area contributed by atoms with Crippen molar-refractivity contribution in [2.75, 3.05) is 0 Å². The fourth-order valence-electron chi connectivity index (χ4n) is 5.65. The first-order valence-corrected chi connectivity index (χ1v) is 7.74. The highest BCUT2D eigenvalue weighted by molar-refractivity contribution is 5.18. The second-order valence-corrected chi connectivity index (χ2v) is 6.97. The molecule has 0 saturated heterocycles. The third kappa shape index (κ3) is 2.19. The Kier molecular flexibility index (Phi) is 4.08. The van der Waals surface area contributed by atoms with Gasteiger partial charge in [0.2, 0.25) is 36.3 Å². The number of rotatable bonds is 6. The molecule has 0 aliphatic heterocycles. The average molecular weight is 406 g/mol. The molecule has 4 bridgehead atoms. The van der Waals surface area contributed by atoms with Gasteiger partial charge in [0.25, 0.3) is 0 Å². The van der Waals surface area contributed by atoms with E-state index in [-0.39, 0.29) is 0 Å². The van der Waals surface area contributed by atoms with Gasteiger partial charge in [-0.1, -0.05) is 0 Å². The molecular formula is C10H10N6O12. The van der Waals surface area contributed by atoms with E-state index in [1.807, 2.05) is 0 Å². The van der Waals surface area contributed by atoms with Gasteiger partial charge in [0, 0.05) is 29.5 Å². The van der Waals surface area contributed by atoms with Gasteiger partial charge in [0.05, 0.1) is 0 Å². The summed E-state index contributed by atoms with van der Waals surface area (Å²) in [5.41, 5.74) is 0. The zero-order valence-corrected chi connectivity index (χ0v) is 13.4. The highest BCUT2D eigenvalue weighted by Gasteiger charge is 2.89. The van der Waals surface area contributed by atoms with E-state index in [9.17, 15) is 60.7 Å². The second-order valence-electron chi connectivity index (χ2n) is 6.97. The van der Waals surface area contributed by atoms with E-state index < -0.39 is 89.5 Å². The van der Waals surface area contributed by atoms with Crippen molar-refractivity contribution in [1.29, 1.82) is 0 Å². The van der Waals surface area contributed by atoms with Crippen molar-refractivity contribution in [2.24, 2.45) is 23.7 Å². The maximum absolute atomic E-state index is 11.6. The molecule has 4 rings (SSSR count). The maximum Gasteiger partial charge on any atom is 0.245 e. The van der Waals surface area contributed by atoms with Crippen molar-refractivity contribution in [1.82, 2.24) is 0 Å². The largest absolute Gasteiger partial charge is 0.264 e. The molecule has 0 heterocycles. The van der Waals surface area contributed by atoms with Crippen molar-refractivity contribution < 1.29 is 29.5 Å². The molecule has 4 aliphatic carbocycles. The standard InChI is InChI=1S/C10H10N6O12/c17-11(18)5-1-6(12(19)20)3-8(14(23)24)2(5)9(15(25)26)4(7(1)13(21)22)10(3)16(27)28/h1-10H. The van der Waals surface area contributed by atoms with Gasteiger partial charge in [-0.2, -0.15) is 0 Å². The summed E-state index contributed by atoms with van der Waals surface area (Å²) in [7, 11) is 0. The first-order chi connectivity index (χ1) is 12.9. The van der Waals surface area contributed by atoms with Gasteiger partial charge in [-0.25, -0.2) is 0 Å². The summed E-state index contributed by atoms with van der Waals surface area (Å²) in [6, 6.07) is -13.9. The highest BCUT2D eigenvalue weighted by atomic mass is 16.7. The van der Waals surface area contributed by atoms with Gasteiger partial charge in [0.1, 0.15) is 0 Å². The second kappa shape index (κ2) is 5.96. The van der Waals surface area contributed by atoms with Crippen molar-refractivity contribution in [2.45, 2.75) is 36.3 Å². The van der Waals surface area contributed by atoms with Crippen molar-refractivity contribution >= 4 is 0 Å². The first-order valence-electron chi connectivity index (χ1n) is 7.74. The minimum atomic E-state index is -2.32. The Morgan fingerprint density at radius 2 is 0.429 bits per heavy atom. The van der Waals surface area contributed by atoms with Crippen LogP contribution in [0, 0.1) is 84.4 Å². The fourth-order valence-corrected chi connectivity index (χ4v) is 5.65. The summed E-state index contributed by atoms with van der Waals surface area (Å²) in [6.07, 6.45) is 0. The molecule has 0 spiro atoms. The van der Waals surface area contributed by atoms with Gasteiger partial charge < -0.3 is 0 Å². The molecule has 28 heavy (non-hydrogen) atoms. The Bertz CT molecular complexity index is 622. The third-order valence-electron chi connectivity index (χ3n) is 6.19. The van der Waals surface area contributed by atoms with Gasteiger partial charge >= 0.3 is 0 Å². The molecular weight excluding hydrogens is 396 g/mol. The summed E-state index contributed by atoms with van der Waals surface area (Å²) >= 11 is 0. The molecule has 18 nitrogen and oxygen atoms in total. The Hall–Kier alpha value is -3.60. The van der Waals surface area contributed by atoms with E-state index in [4.69, 9.17) is 0 Å². The molecule has 4 fully saturated rings. The van der Waals surface area contributed by atoms with E-state index in [1.54, 1.807) is 0 Å². The van der Waals surface area contributed by atoms with Crippen molar-refractivity contribution in [3.63, 3.8) is 0 Å². The highest BCUT2D eigenvalue weighted by Crippen LogP contribution is 2.58. The fraction of sp³-hybridized carbons (Fsp3) is 1.00. The van der Waals surface area contributed by atoms with E-state index in [2.05, 4.69) is 0 Å². The first kappa shape index (κ1) is 19.2. The van der Waals surface area contributed by atoms with E-state index >= 15 is 0 Å². The Morgan fingerprint density at radius 3 is 0.500 bits per heavy atom. The molecule has 152 valence electrons. The van der Waals surface area contributed by atoms with Crippen LogP contribution >= 0.6 is 0 Å². The summed E-state index contributed by atoms with van der Waals surface area (Å²) in [6.45, 7) is 0. The van der Waals surface area contributed by atoms with Crippen molar-refractivity contribution in [3.8, 4) is 0 Å². The van der Waals surface area contributed by atoms with Gasteiger partial charge in [-0.05, 0) is 0 Å². The van der Waals surface area contributed by atoms with Crippen LogP contribution in [-0.2, 0) is 0 Å². The van der Waals surface area contributed by atoms with Crippen LogP contribution in [0.5, 0.6) is 0 Å². The molecule has 0 aromatic rings. The SMILES string of the molecule is O=[N+]([O-])C1C2C([N+](=O)[O-])C3C([N+](=O)[O-])C1C([N+](=O)[O-])C(C2[N+](=O)[O-])C3[N+](=O)[O-]. The number of hydrogen-bond acceptors (Lipinski definition) is 12. The summed E-state index contributed by atoms with van der Waals surface area (Å²) in [5, 5.41) is 69.4. The van der Waals surface area contributed by atoms with Crippen LogP contribution in [0.2, 0.25) is 0 Å². The summed E-state index contributed by atoms with van der Waals surface area (Å²) in [5.74, 6) is -8.15. The normalized spacial score (nSPS) is 43.3. The minimum Gasteiger partial charge on any atom is -0.264 e. The van der Waals surface area contributed by atoms with E-state index in [0.29, 0.717) is 0 Å². The monoisotopic (exact) mass is 406 g/mol. The zero-order valence-electron chi connectivity index (χ0n) is 13.4. The number of nitrogens with zero attached hydrogens (tertiary/aromatic N) is 6. The number of nitro groups is 6. The molecule has 4 saturated carbocycles. The van der Waals surface area contributed by atoms with Crippen LogP contribution < -0.4 is 0 Å². The lowest BCUT2D eigenvalue weighted by atomic mass is 9.45. The van der Waals surface area contributed by atoms with Crippen LogP contribution in [0.3, 0.4) is 0 Å². The van der Waals surface area contributed by atoms with Gasteiger partial charge in [-0.3, -0.25) is 60.7 Å². The average Bonchev–Trinajstić information content (AvgIpc) is 2.52.